The highest BCUT2D eigenvalue weighted by Crippen LogP contribution is 2.25. The Labute approximate surface area is 145 Å². The fraction of sp³-hybridized carbons (Fsp3) is 0.316. The van der Waals surface area contributed by atoms with Crippen molar-refractivity contribution in [1.82, 2.24) is 5.32 Å². The van der Waals surface area contributed by atoms with Crippen molar-refractivity contribution in [3.05, 3.63) is 42.0 Å². The minimum Gasteiger partial charge on any atom is -0.480 e. The Morgan fingerprint density at radius 3 is 2.48 bits per heavy atom. The molecule has 6 heteroatoms. The zero-order valence-electron chi connectivity index (χ0n) is 13.7. The summed E-state index contributed by atoms with van der Waals surface area (Å²) in [7, 11) is 0. The molecule has 25 heavy (non-hydrogen) atoms. The van der Waals surface area contributed by atoms with Crippen LogP contribution in [0.4, 0.5) is 5.69 Å². The summed E-state index contributed by atoms with van der Waals surface area (Å²) in [4.78, 5) is 36.3. The van der Waals surface area contributed by atoms with Crippen molar-refractivity contribution in [1.29, 1.82) is 0 Å². The van der Waals surface area contributed by atoms with Gasteiger partial charge in [0, 0.05) is 18.0 Å². The van der Waals surface area contributed by atoms with Crippen LogP contribution in [0.3, 0.4) is 0 Å². The Kier molecular flexibility index (Phi) is 4.70. The molecule has 0 saturated heterocycles. The van der Waals surface area contributed by atoms with Crippen LogP contribution >= 0.6 is 0 Å². The number of nitrogens with two attached hydrogens (primary N) is 1. The highest BCUT2D eigenvalue weighted by Gasteiger charge is 2.36. The van der Waals surface area contributed by atoms with Crippen molar-refractivity contribution >= 4 is 34.1 Å². The summed E-state index contributed by atoms with van der Waals surface area (Å²) >= 11 is 0. The van der Waals surface area contributed by atoms with E-state index in [2.05, 4.69) is 5.32 Å². The highest BCUT2D eigenvalue weighted by atomic mass is 16.4. The number of fused-ring (bicyclic) bond motifs is 1. The molecule has 2 aromatic rings. The van der Waals surface area contributed by atoms with Crippen molar-refractivity contribution in [3.8, 4) is 0 Å². The molecule has 1 saturated carbocycles. The van der Waals surface area contributed by atoms with Gasteiger partial charge in [0.15, 0.2) is 0 Å². The fourth-order valence-electron chi connectivity index (χ4n) is 3.37. The molecule has 0 bridgehead atoms. The van der Waals surface area contributed by atoms with E-state index in [1.807, 2.05) is 24.3 Å². The number of ketones is 1. The van der Waals surface area contributed by atoms with Gasteiger partial charge in [0.25, 0.3) is 5.91 Å². The maximum Gasteiger partial charge on any atom is 0.326 e. The lowest BCUT2D eigenvalue weighted by Crippen LogP contribution is -2.49. The van der Waals surface area contributed by atoms with E-state index >= 15 is 0 Å². The first kappa shape index (κ1) is 17.0. The standard InChI is InChI=1S/C19H20N2O4/c20-15-10-12-6-2-1-5-11(12)9-14(15)18(23)21-17(19(24)25)13-7-3-4-8-16(13)22/h1-2,5-6,9-10,13,17H,3-4,7-8,20H2,(H,21,23)(H,24,25)/t13-,17+/m1/s1. The Hall–Kier alpha value is -2.89. The number of hydrogen-bond acceptors (Lipinski definition) is 4. The Morgan fingerprint density at radius 2 is 1.84 bits per heavy atom. The second-order valence-corrected chi connectivity index (χ2v) is 6.39. The van der Waals surface area contributed by atoms with Crippen molar-refractivity contribution in [2.24, 2.45) is 5.92 Å². The third kappa shape index (κ3) is 3.47. The van der Waals surface area contributed by atoms with Gasteiger partial charge in [-0.2, -0.15) is 0 Å². The van der Waals surface area contributed by atoms with E-state index in [1.54, 1.807) is 12.1 Å². The number of carbonyl (C=O) groups excluding carboxylic acids is 2. The number of aliphatic carboxylic acids is 1. The van der Waals surface area contributed by atoms with Crippen LogP contribution in [0.2, 0.25) is 0 Å². The SMILES string of the molecule is Nc1cc2ccccc2cc1C(=O)N[C@H](C(=O)O)[C@@H]1CCCCC1=O. The summed E-state index contributed by atoms with van der Waals surface area (Å²) in [5, 5.41) is 13.7. The first-order valence-electron chi connectivity index (χ1n) is 8.32. The van der Waals surface area contributed by atoms with E-state index in [1.165, 1.54) is 0 Å². The van der Waals surface area contributed by atoms with Gasteiger partial charge in [-0.1, -0.05) is 30.7 Å². The zero-order valence-corrected chi connectivity index (χ0v) is 13.7. The van der Waals surface area contributed by atoms with Crippen LogP contribution in [-0.4, -0.2) is 28.8 Å². The molecule has 3 rings (SSSR count). The van der Waals surface area contributed by atoms with Crippen LogP contribution in [0.5, 0.6) is 0 Å². The van der Waals surface area contributed by atoms with Crippen LogP contribution in [-0.2, 0) is 9.59 Å². The van der Waals surface area contributed by atoms with Gasteiger partial charge in [0.05, 0.1) is 5.56 Å². The Balaban J connectivity index is 1.87. The number of anilines is 1. The number of carbonyl (C=O) groups is 3. The molecule has 1 aliphatic rings. The molecule has 2 atom stereocenters. The van der Waals surface area contributed by atoms with Crippen LogP contribution < -0.4 is 11.1 Å². The number of Topliss-reactive ketones (excluding diaryl/α,β-unsaturated/α-hetero) is 1. The van der Waals surface area contributed by atoms with E-state index in [-0.39, 0.29) is 17.0 Å². The van der Waals surface area contributed by atoms with Crippen molar-refractivity contribution < 1.29 is 19.5 Å². The van der Waals surface area contributed by atoms with Crippen molar-refractivity contribution in [2.45, 2.75) is 31.7 Å². The predicted molar refractivity (Wildman–Crippen MR) is 94.2 cm³/mol. The normalized spacial score (nSPS) is 18.7. The maximum atomic E-state index is 12.6. The maximum absolute atomic E-state index is 12.6. The Bertz CT molecular complexity index is 846. The molecular formula is C19H20N2O4. The lowest BCUT2D eigenvalue weighted by atomic mass is 9.82. The highest BCUT2D eigenvalue weighted by molar-refractivity contribution is 6.05. The summed E-state index contributed by atoms with van der Waals surface area (Å²) in [5.41, 5.74) is 6.46. The number of amides is 1. The number of nitrogen functional groups attached to an aromatic ring is 1. The van der Waals surface area contributed by atoms with E-state index < -0.39 is 23.8 Å². The Morgan fingerprint density at radius 1 is 1.16 bits per heavy atom. The summed E-state index contributed by atoms with van der Waals surface area (Å²) < 4.78 is 0. The number of hydrogen-bond donors (Lipinski definition) is 3. The van der Waals surface area contributed by atoms with E-state index in [4.69, 9.17) is 5.73 Å². The quantitative estimate of drug-likeness (QED) is 0.740. The molecule has 0 heterocycles. The van der Waals surface area contributed by atoms with Crippen LogP contribution in [0.25, 0.3) is 10.8 Å². The van der Waals surface area contributed by atoms with Gasteiger partial charge in [0.1, 0.15) is 11.8 Å². The molecule has 1 aliphatic carbocycles. The zero-order chi connectivity index (χ0) is 18.0. The van der Waals surface area contributed by atoms with Gasteiger partial charge in [0.2, 0.25) is 0 Å². The molecule has 0 aromatic heterocycles. The molecule has 0 aliphatic heterocycles. The minimum absolute atomic E-state index is 0.106. The van der Waals surface area contributed by atoms with Crippen molar-refractivity contribution in [2.75, 3.05) is 5.73 Å². The largest absolute Gasteiger partial charge is 0.480 e. The molecular weight excluding hydrogens is 320 g/mol. The average Bonchev–Trinajstić information content (AvgIpc) is 2.59. The van der Waals surface area contributed by atoms with Gasteiger partial charge >= 0.3 is 5.97 Å². The molecule has 1 amide bonds. The van der Waals surface area contributed by atoms with E-state index in [0.717, 1.165) is 23.6 Å². The van der Waals surface area contributed by atoms with Crippen molar-refractivity contribution in [3.63, 3.8) is 0 Å². The summed E-state index contributed by atoms with van der Waals surface area (Å²) in [6.45, 7) is 0. The molecule has 130 valence electrons. The van der Waals surface area contributed by atoms with Gasteiger partial charge in [-0.3, -0.25) is 9.59 Å². The van der Waals surface area contributed by atoms with Gasteiger partial charge < -0.3 is 16.2 Å². The summed E-state index contributed by atoms with van der Waals surface area (Å²) in [5.74, 6) is -2.57. The fourth-order valence-corrected chi connectivity index (χ4v) is 3.37. The minimum atomic E-state index is -1.23. The number of benzene rings is 2. The lowest BCUT2D eigenvalue weighted by molar-refractivity contribution is -0.144. The molecule has 0 spiro atoms. The number of nitrogens with one attached hydrogen (secondary N) is 1. The first-order valence-corrected chi connectivity index (χ1v) is 8.32. The van der Waals surface area contributed by atoms with Crippen LogP contribution in [0.15, 0.2) is 36.4 Å². The lowest BCUT2D eigenvalue weighted by Gasteiger charge is -2.27. The number of carboxylic acids is 1. The third-order valence-electron chi connectivity index (χ3n) is 4.72. The summed E-state index contributed by atoms with van der Waals surface area (Å²) in [6.07, 6.45) is 2.40. The topological polar surface area (TPSA) is 109 Å². The monoisotopic (exact) mass is 340 g/mol. The van der Waals surface area contributed by atoms with E-state index in [9.17, 15) is 19.5 Å². The molecule has 2 aromatic carbocycles. The van der Waals surface area contributed by atoms with Gasteiger partial charge in [-0.15, -0.1) is 0 Å². The molecule has 0 radical (unpaired) electrons. The average molecular weight is 340 g/mol. The second kappa shape index (κ2) is 6.93. The van der Waals surface area contributed by atoms with E-state index in [0.29, 0.717) is 12.8 Å². The van der Waals surface area contributed by atoms with Crippen LogP contribution in [0.1, 0.15) is 36.0 Å². The number of rotatable bonds is 4. The molecule has 0 unspecified atom stereocenters. The van der Waals surface area contributed by atoms with Gasteiger partial charge in [-0.25, -0.2) is 4.79 Å². The smallest absolute Gasteiger partial charge is 0.326 e. The molecule has 1 fully saturated rings. The molecule has 6 nitrogen and oxygen atoms in total. The van der Waals surface area contributed by atoms with Crippen LogP contribution in [0, 0.1) is 5.92 Å². The second-order valence-electron chi connectivity index (χ2n) is 6.39. The van der Waals surface area contributed by atoms with Gasteiger partial charge in [-0.05, 0) is 35.7 Å². The first-order chi connectivity index (χ1) is 12.0. The third-order valence-corrected chi connectivity index (χ3v) is 4.72. The number of carboxylic acid groups (broad SMARTS) is 1. The summed E-state index contributed by atoms with van der Waals surface area (Å²) in [6, 6.07) is 9.55. The predicted octanol–water partition coefficient (Wildman–Crippen LogP) is 2.36. The molecule has 4 N–H and O–H groups in total.